The molecule has 0 bridgehead atoms. The van der Waals surface area contributed by atoms with Crippen molar-refractivity contribution in [3.05, 3.63) is 72.8 Å². The summed E-state index contributed by atoms with van der Waals surface area (Å²) in [4.78, 5) is 44.2. The number of carbonyl (C=O) groups is 3. The van der Waals surface area contributed by atoms with Crippen molar-refractivity contribution in [1.29, 1.82) is 0 Å². The van der Waals surface area contributed by atoms with Gasteiger partial charge in [-0.3, -0.25) is 24.4 Å². The van der Waals surface area contributed by atoms with Gasteiger partial charge in [0.05, 0.1) is 17.8 Å². The van der Waals surface area contributed by atoms with Crippen molar-refractivity contribution in [3.63, 3.8) is 0 Å². The standard InChI is InChI=1S/C30H29F4N5O4S.ClH/c1-4-43-28(41)25(38(2)3)12-14-27(40)39-17-23(22-15-20(31)8-11-24(22)39)36-29(42)37-26-13-7-19(16-35-26)18-5-9-21(10-6-18)44-30(32,33)34;/h5-11,13,15-17,25H,4,12,14H2,1-3H3,(H2,35,36,37,42);1H. The number of aromatic nitrogens is 2. The van der Waals surface area contributed by atoms with Gasteiger partial charge in [0.1, 0.15) is 17.7 Å². The third-order valence-corrected chi connectivity index (χ3v) is 7.26. The van der Waals surface area contributed by atoms with Crippen LogP contribution in [0.1, 0.15) is 24.6 Å². The molecule has 0 aliphatic carbocycles. The molecule has 15 heteroatoms. The van der Waals surface area contributed by atoms with E-state index < -0.39 is 29.4 Å². The van der Waals surface area contributed by atoms with Crippen molar-refractivity contribution in [3.8, 4) is 11.1 Å². The van der Waals surface area contributed by atoms with Crippen molar-refractivity contribution >= 4 is 64.5 Å². The molecule has 0 aliphatic heterocycles. The zero-order chi connectivity index (χ0) is 32.0. The second kappa shape index (κ2) is 15.2. The van der Waals surface area contributed by atoms with Gasteiger partial charge in [0.25, 0.3) is 0 Å². The first-order chi connectivity index (χ1) is 20.8. The fourth-order valence-electron chi connectivity index (χ4n) is 4.47. The van der Waals surface area contributed by atoms with Crippen LogP contribution in [0.15, 0.2) is 71.9 Å². The van der Waals surface area contributed by atoms with Gasteiger partial charge in [-0.2, -0.15) is 13.2 Å². The summed E-state index contributed by atoms with van der Waals surface area (Å²) in [5, 5.41) is 5.47. The summed E-state index contributed by atoms with van der Waals surface area (Å²) in [6.07, 6.45) is 3.01. The molecule has 0 saturated carbocycles. The van der Waals surface area contributed by atoms with E-state index in [9.17, 15) is 31.9 Å². The minimum Gasteiger partial charge on any atom is -0.465 e. The molecule has 4 aromatic rings. The lowest BCUT2D eigenvalue weighted by Gasteiger charge is -2.22. The molecular formula is C30H30ClF4N5O4S. The van der Waals surface area contributed by atoms with Crippen molar-refractivity contribution in [2.24, 2.45) is 0 Å². The molecule has 0 fully saturated rings. The number of halogens is 5. The van der Waals surface area contributed by atoms with Gasteiger partial charge < -0.3 is 10.1 Å². The Balaban J connectivity index is 0.00000552. The average Bonchev–Trinajstić information content (AvgIpc) is 3.30. The monoisotopic (exact) mass is 667 g/mol. The highest BCUT2D eigenvalue weighted by Gasteiger charge is 2.29. The highest BCUT2D eigenvalue weighted by molar-refractivity contribution is 8.00. The van der Waals surface area contributed by atoms with Crippen molar-refractivity contribution in [2.75, 3.05) is 31.3 Å². The van der Waals surface area contributed by atoms with Crippen LogP contribution in [0.4, 0.5) is 33.9 Å². The number of pyridine rings is 1. The molecule has 2 aromatic carbocycles. The van der Waals surface area contributed by atoms with E-state index in [1.165, 1.54) is 53.4 Å². The summed E-state index contributed by atoms with van der Waals surface area (Å²) < 4.78 is 58.3. The molecular weight excluding hydrogens is 638 g/mol. The van der Waals surface area contributed by atoms with Crippen LogP contribution < -0.4 is 10.6 Å². The molecule has 0 spiro atoms. The molecule has 2 aromatic heterocycles. The van der Waals surface area contributed by atoms with Crippen LogP contribution in [0.5, 0.6) is 0 Å². The number of hydrogen-bond acceptors (Lipinski definition) is 7. The van der Waals surface area contributed by atoms with Crippen molar-refractivity contribution in [2.45, 2.75) is 36.2 Å². The number of nitrogens with one attached hydrogen (secondary N) is 2. The van der Waals surface area contributed by atoms with Gasteiger partial charge >= 0.3 is 17.5 Å². The van der Waals surface area contributed by atoms with Gasteiger partial charge in [0.2, 0.25) is 5.91 Å². The number of thioether (sulfide) groups is 1. The Kier molecular flexibility index (Phi) is 12.0. The van der Waals surface area contributed by atoms with Gasteiger partial charge in [0.15, 0.2) is 0 Å². The van der Waals surface area contributed by atoms with Crippen LogP contribution in [0, 0.1) is 5.82 Å². The largest absolute Gasteiger partial charge is 0.465 e. The predicted molar refractivity (Wildman–Crippen MR) is 167 cm³/mol. The van der Waals surface area contributed by atoms with Crippen LogP contribution in [-0.4, -0.2) is 64.6 Å². The Morgan fingerprint density at radius 2 is 1.71 bits per heavy atom. The van der Waals surface area contributed by atoms with Crippen LogP contribution in [0.25, 0.3) is 22.0 Å². The molecule has 0 saturated heterocycles. The lowest BCUT2D eigenvalue weighted by atomic mass is 10.1. The van der Waals surface area contributed by atoms with E-state index in [1.54, 1.807) is 44.1 Å². The second-order valence-corrected chi connectivity index (χ2v) is 11.0. The van der Waals surface area contributed by atoms with E-state index in [4.69, 9.17) is 4.74 Å². The maximum atomic E-state index is 14.1. The number of alkyl halides is 3. The molecule has 4 rings (SSSR count). The van der Waals surface area contributed by atoms with Crippen LogP contribution in [-0.2, 0) is 9.53 Å². The minimum absolute atomic E-state index is 0. The number of urea groups is 1. The third kappa shape index (κ3) is 9.42. The van der Waals surface area contributed by atoms with Crippen LogP contribution in [0.2, 0.25) is 0 Å². The number of esters is 1. The number of nitrogens with zero attached hydrogens (tertiary/aromatic N) is 3. The number of likely N-dealkylation sites (N-methyl/N-ethyl adjacent to an activating group) is 1. The Labute approximate surface area is 266 Å². The van der Waals surface area contributed by atoms with E-state index in [0.717, 1.165) is 0 Å². The van der Waals surface area contributed by atoms with Gasteiger partial charge in [-0.15, -0.1) is 12.4 Å². The minimum atomic E-state index is -4.38. The molecule has 9 nitrogen and oxygen atoms in total. The summed E-state index contributed by atoms with van der Waals surface area (Å²) in [7, 11) is 3.42. The molecule has 1 atom stereocenters. The molecule has 0 aliphatic rings. The highest BCUT2D eigenvalue weighted by Crippen LogP contribution is 2.37. The lowest BCUT2D eigenvalue weighted by Crippen LogP contribution is -2.37. The zero-order valence-corrected chi connectivity index (χ0v) is 26.0. The number of hydrogen-bond donors (Lipinski definition) is 2. The summed E-state index contributed by atoms with van der Waals surface area (Å²) in [5.41, 5.74) is -2.58. The van der Waals surface area contributed by atoms with Crippen molar-refractivity contribution < 1.29 is 36.7 Å². The van der Waals surface area contributed by atoms with E-state index in [0.29, 0.717) is 22.0 Å². The fourth-order valence-corrected chi connectivity index (χ4v) is 5.01. The Morgan fingerprint density at radius 1 is 1.02 bits per heavy atom. The molecule has 1 unspecified atom stereocenters. The normalized spacial score (nSPS) is 12.0. The van der Waals surface area contributed by atoms with Crippen molar-refractivity contribution in [1.82, 2.24) is 14.5 Å². The van der Waals surface area contributed by atoms with E-state index in [2.05, 4.69) is 15.6 Å². The van der Waals surface area contributed by atoms with E-state index in [-0.39, 0.29) is 65.9 Å². The molecule has 240 valence electrons. The number of benzene rings is 2. The van der Waals surface area contributed by atoms with Crippen LogP contribution >= 0.6 is 24.2 Å². The average molecular weight is 668 g/mol. The van der Waals surface area contributed by atoms with Gasteiger partial charge in [0, 0.05) is 34.7 Å². The first kappa shape index (κ1) is 35.3. The molecule has 0 radical (unpaired) electrons. The maximum absolute atomic E-state index is 14.1. The summed E-state index contributed by atoms with van der Waals surface area (Å²) in [6, 6.07) is 11.4. The molecule has 2 heterocycles. The van der Waals surface area contributed by atoms with Crippen LogP contribution in [0.3, 0.4) is 0 Å². The maximum Gasteiger partial charge on any atom is 0.446 e. The predicted octanol–water partition coefficient (Wildman–Crippen LogP) is 7.43. The summed E-state index contributed by atoms with van der Waals surface area (Å²) in [6.45, 7) is 1.91. The van der Waals surface area contributed by atoms with E-state index in [1.807, 2.05) is 0 Å². The number of anilines is 2. The zero-order valence-electron chi connectivity index (χ0n) is 24.4. The molecule has 45 heavy (non-hydrogen) atoms. The first-order valence-corrected chi connectivity index (χ1v) is 14.2. The Hall–Kier alpha value is -4.14. The van der Waals surface area contributed by atoms with Gasteiger partial charge in [-0.05, 0) is 87.2 Å². The third-order valence-electron chi connectivity index (χ3n) is 6.52. The Bertz CT molecular complexity index is 1650. The SMILES string of the molecule is CCOC(=O)C(CCC(=O)n1cc(NC(=O)Nc2ccc(-c3ccc(SC(F)(F)F)cc3)cn2)c2cc(F)ccc21)N(C)C.Cl. The molecule has 2 N–H and O–H groups in total. The van der Waals surface area contributed by atoms with E-state index >= 15 is 0 Å². The Morgan fingerprint density at radius 3 is 2.31 bits per heavy atom. The molecule has 2 amide bonds. The number of fused-ring (bicyclic) bond motifs is 1. The second-order valence-electron chi connectivity index (χ2n) is 9.82. The highest BCUT2D eigenvalue weighted by atomic mass is 35.5. The quantitative estimate of drug-likeness (QED) is 0.103. The fraction of sp³-hybridized carbons (Fsp3) is 0.267. The number of ether oxygens (including phenoxy) is 1. The number of carbonyl (C=O) groups excluding carboxylic acids is 3. The van der Waals surface area contributed by atoms with Gasteiger partial charge in [-0.1, -0.05) is 12.1 Å². The summed E-state index contributed by atoms with van der Waals surface area (Å²) >= 11 is -0.204. The smallest absolute Gasteiger partial charge is 0.446 e. The lowest BCUT2D eigenvalue weighted by molar-refractivity contribution is -0.148. The number of amides is 2. The van der Waals surface area contributed by atoms with Gasteiger partial charge in [-0.25, -0.2) is 14.2 Å². The first-order valence-electron chi connectivity index (χ1n) is 13.4. The topological polar surface area (TPSA) is 106 Å². The summed E-state index contributed by atoms with van der Waals surface area (Å²) in [5.74, 6) is -1.20. The number of rotatable bonds is 10.